The molecule has 0 aliphatic heterocycles. The van der Waals surface area contributed by atoms with Crippen LogP contribution in [-0.4, -0.2) is 5.88 Å². The Morgan fingerprint density at radius 1 is 1.00 bits per heavy atom. The van der Waals surface area contributed by atoms with Crippen LogP contribution in [-0.2, 0) is 19.3 Å². The van der Waals surface area contributed by atoms with Gasteiger partial charge in [0.1, 0.15) is 0 Å². The second kappa shape index (κ2) is 6.32. The predicted octanol–water partition coefficient (Wildman–Crippen LogP) is 5.50. The Morgan fingerprint density at radius 3 is 2.50 bits per heavy atom. The molecule has 0 aromatic heterocycles. The van der Waals surface area contributed by atoms with E-state index < -0.39 is 0 Å². The fourth-order valence-electron chi connectivity index (χ4n) is 3.03. The molecule has 2 heteroatoms. The molecule has 0 nitrogen and oxygen atoms in total. The van der Waals surface area contributed by atoms with Crippen molar-refractivity contribution in [3.8, 4) is 0 Å². The summed E-state index contributed by atoms with van der Waals surface area (Å²) in [5.41, 5.74) is 5.83. The van der Waals surface area contributed by atoms with Crippen molar-refractivity contribution >= 4 is 27.5 Å². The van der Waals surface area contributed by atoms with E-state index in [1.54, 1.807) is 11.1 Å². The molecule has 2 aromatic rings. The molecule has 0 amide bonds. The molecule has 0 spiro atoms. The molecule has 0 bridgehead atoms. The van der Waals surface area contributed by atoms with Crippen molar-refractivity contribution in [1.29, 1.82) is 0 Å². The highest BCUT2D eigenvalue weighted by Crippen LogP contribution is 2.27. The summed E-state index contributed by atoms with van der Waals surface area (Å²) >= 11 is 9.68. The number of alkyl halides is 1. The summed E-state index contributed by atoms with van der Waals surface area (Å²) in [6, 6.07) is 15.5. The SMILES string of the molecule is ClCC(Cc1ccc2c(c1)CCC2)c1ccc(Br)cc1. The number of benzene rings is 2. The van der Waals surface area contributed by atoms with Gasteiger partial charge in [-0.05, 0) is 60.1 Å². The number of aryl methyl sites for hydroxylation is 2. The zero-order valence-electron chi connectivity index (χ0n) is 11.4. The molecule has 0 saturated carbocycles. The Hall–Kier alpha value is -0.790. The first-order valence-corrected chi connectivity index (χ1v) is 8.51. The molecule has 20 heavy (non-hydrogen) atoms. The van der Waals surface area contributed by atoms with Crippen molar-refractivity contribution in [2.45, 2.75) is 31.6 Å². The zero-order valence-corrected chi connectivity index (χ0v) is 13.8. The number of fused-ring (bicyclic) bond motifs is 1. The lowest BCUT2D eigenvalue weighted by atomic mass is 9.92. The van der Waals surface area contributed by atoms with E-state index in [-0.39, 0.29) is 0 Å². The van der Waals surface area contributed by atoms with Gasteiger partial charge in [-0.3, -0.25) is 0 Å². The Morgan fingerprint density at radius 2 is 1.75 bits per heavy atom. The van der Waals surface area contributed by atoms with Gasteiger partial charge in [-0.1, -0.05) is 46.3 Å². The van der Waals surface area contributed by atoms with E-state index in [1.165, 1.54) is 30.4 Å². The quantitative estimate of drug-likeness (QED) is 0.639. The van der Waals surface area contributed by atoms with Crippen molar-refractivity contribution in [3.05, 3.63) is 69.2 Å². The van der Waals surface area contributed by atoms with E-state index in [0.717, 1.165) is 10.9 Å². The molecular formula is C18H18BrCl. The fourth-order valence-corrected chi connectivity index (χ4v) is 3.58. The Kier molecular flexibility index (Phi) is 4.48. The van der Waals surface area contributed by atoms with Crippen LogP contribution in [0.5, 0.6) is 0 Å². The van der Waals surface area contributed by atoms with Crippen LogP contribution >= 0.6 is 27.5 Å². The molecule has 0 saturated heterocycles. The van der Waals surface area contributed by atoms with Gasteiger partial charge in [0.05, 0.1) is 0 Å². The number of rotatable bonds is 4. The summed E-state index contributed by atoms with van der Waals surface area (Å²) in [6.07, 6.45) is 4.83. The van der Waals surface area contributed by atoms with Gasteiger partial charge in [-0.25, -0.2) is 0 Å². The van der Waals surface area contributed by atoms with Crippen LogP contribution in [0.15, 0.2) is 46.9 Å². The smallest absolute Gasteiger partial charge is 0.0295 e. The van der Waals surface area contributed by atoms with Crippen LogP contribution in [0.3, 0.4) is 0 Å². The van der Waals surface area contributed by atoms with Crippen LogP contribution < -0.4 is 0 Å². The second-order valence-corrected chi connectivity index (χ2v) is 6.79. The molecule has 0 fully saturated rings. The number of halogens is 2. The monoisotopic (exact) mass is 348 g/mol. The summed E-state index contributed by atoms with van der Waals surface area (Å²) in [5, 5.41) is 0. The highest BCUT2D eigenvalue weighted by Gasteiger charge is 2.14. The summed E-state index contributed by atoms with van der Waals surface area (Å²) in [6.45, 7) is 0. The van der Waals surface area contributed by atoms with Gasteiger partial charge in [-0.15, -0.1) is 11.6 Å². The highest BCUT2D eigenvalue weighted by atomic mass is 79.9. The maximum Gasteiger partial charge on any atom is 0.0295 e. The van der Waals surface area contributed by atoms with Crippen molar-refractivity contribution in [2.75, 3.05) is 5.88 Å². The summed E-state index contributed by atoms with van der Waals surface area (Å²) in [5.74, 6) is 1.06. The molecule has 1 atom stereocenters. The molecule has 3 rings (SSSR count). The Labute approximate surface area is 134 Å². The molecule has 1 unspecified atom stereocenters. The van der Waals surface area contributed by atoms with E-state index in [2.05, 4.69) is 58.4 Å². The third-order valence-corrected chi connectivity index (χ3v) is 5.07. The number of hydrogen-bond donors (Lipinski definition) is 0. The lowest BCUT2D eigenvalue weighted by Crippen LogP contribution is -2.05. The van der Waals surface area contributed by atoms with E-state index >= 15 is 0 Å². The molecule has 0 heterocycles. The van der Waals surface area contributed by atoms with Gasteiger partial charge in [-0.2, -0.15) is 0 Å². The van der Waals surface area contributed by atoms with Crippen LogP contribution in [0.2, 0.25) is 0 Å². The van der Waals surface area contributed by atoms with Crippen LogP contribution in [0.4, 0.5) is 0 Å². The fraction of sp³-hybridized carbons (Fsp3) is 0.333. The molecule has 2 aromatic carbocycles. The molecule has 1 aliphatic rings. The zero-order chi connectivity index (χ0) is 13.9. The second-order valence-electron chi connectivity index (χ2n) is 5.56. The largest absolute Gasteiger partial charge is 0.126 e. The maximum absolute atomic E-state index is 6.20. The van der Waals surface area contributed by atoms with Crippen molar-refractivity contribution in [3.63, 3.8) is 0 Å². The normalized spacial score (nSPS) is 15.1. The van der Waals surface area contributed by atoms with Crippen LogP contribution in [0.1, 0.15) is 34.6 Å². The van der Waals surface area contributed by atoms with E-state index in [0.29, 0.717) is 11.8 Å². The highest BCUT2D eigenvalue weighted by molar-refractivity contribution is 9.10. The molecular weight excluding hydrogens is 332 g/mol. The maximum atomic E-state index is 6.20. The first-order valence-electron chi connectivity index (χ1n) is 7.18. The first kappa shape index (κ1) is 14.2. The van der Waals surface area contributed by atoms with E-state index in [4.69, 9.17) is 11.6 Å². The van der Waals surface area contributed by atoms with Crippen molar-refractivity contribution in [1.82, 2.24) is 0 Å². The summed E-state index contributed by atoms with van der Waals surface area (Å²) in [7, 11) is 0. The summed E-state index contributed by atoms with van der Waals surface area (Å²) < 4.78 is 1.12. The van der Waals surface area contributed by atoms with E-state index in [9.17, 15) is 0 Å². The molecule has 0 N–H and O–H groups in total. The molecule has 0 radical (unpaired) electrons. The predicted molar refractivity (Wildman–Crippen MR) is 89.8 cm³/mol. The van der Waals surface area contributed by atoms with E-state index in [1.807, 2.05) is 0 Å². The standard InChI is InChI=1S/C18H18BrCl/c19-18-8-6-15(7-9-18)17(12-20)11-13-4-5-14-2-1-3-16(14)10-13/h4-10,17H,1-3,11-12H2. The minimum absolute atomic E-state index is 0.393. The van der Waals surface area contributed by atoms with Gasteiger partial charge in [0, 0.05) is 16.3 Å². The van der Waals surface area contributed by atoms with Gasteiger partial charge in [0.25, 0.3) is 0 Å². The van der Waals surface area contributed by atoms with Gasteiger partial charge in [0.15, 0.2) is 0 Å². The van der Waals surface area contributed by atoms with Gasteiger partial charge >= 0.3 is 0 Å². The lowest BCUT2D eigenvalue weighted by Gasteiger charge is -2.15. The average molecular weight is 350 g/mol. The van der Waals surface area contributed by atoms with Crippen LogP contribution in [0.25, 0.3) is 0 Å². The molecule has 1 aliphatic carbocycles. The van der Waals surface area contributed by atoms with Crippen LogP contribution in [0, 0.1) is 0 Å². The topological polar surface area (TPSA) is 0 Å². The van der Waals surface area contributed by atoms with Gasteiger partial charge in [0.2, 0.25) is 0 Å². The van der Waals surface area contributed by atoms with Crippen molar-refractivity contribution < 1.29 is 0 Å². The average Bonchev–Trinajstić information content (AvgIpc) is 2.93. The first-order chi connectivity index (χ1) is 9.76. The Balaban J connectivity index is 1.79. The lowest BCUT2D eigenvalue weighted by molar-refractivity contribution is 0.765. The minimum Gasteiger partial charge on any atom is -0.126 e. The molecule has 104 valence electrons. The van der Waals surface area contributed by atoms with Gasteiger partial charge < -0.3 is 0 Å². The number of hydrogen-bond acceptors (Lipinski definition) is 0. The Bertz CT molecular complexity index is 589. The summed E-state index contributed by atoms with van der Waals surface area (Å²) in [4.78, 5) is 0. The van der Waals surface area contributed by atoms with Crippen molar-refractivity contribution in [2.24, 2.45) is 0 Å². The minimum atomic E-state index is 0.393. The third-order valence-electron chi connectivity index (χ3n) is 4.17. The third kappa shape index (κ3) is 3.10.